The number of carbonyl (C=O) groups excluding carboxylic acids is 3. The molecule has 0 fully saturated rings. The quantitative estimate of drug-likeness (QED) is 0.650. The molecular weight excluding hydrogens is 336 g/mol. The highest BCUT2D eigenvalue weighted by atomic mass is 16.6. The Morgan fingerprint density at radius 1 is 1.04 bits per heavy atom. The van der Waals surface area contributed by atoms with Crippen LogP contribution in [0.3, 0.4) is 0 Å². The molecule has 0 atom stereocenters. The predicted molar refractivity (Wildman–Crippen MR) is 98.0 cm³/mol. The highest BCUT2D eigenvalue weighted by Gasteiger charge is 2.11. The van der Waals surface area contributed by atoms with Crippen LogP contribution in [-0.4, -0.2) is 43.6 Å². The summed E-state index contributed by atoms with van der Waals surface area (Å²) in [7, 11) is 0. The molecular formula is C19H28N2O5. The lowest BCUT2D eigenvalue weighted by Gasteiger charge is -2.12. The van der Waals surface area contributed by atoms with Gasteiger partial charge in [-0.15, -0.1) is 0 Å². The van der Waals surface area contributed by atoms with Crippen LogP contribution in [0.4, 0.5) is 0 Å². The van der Waals surface area contributed by atoms with E-state index in [2.05, 4.69) is 24.5 Å². The average Bonchev–Trinajstić information content (AvgIpc) is 2.55. The maximum Gasteiger partial charge on any atom is 0.344 e. The topological polar surface area (TPSA) is 93.7 Å². The van der Waals surface area contributed by atoms with Crippen LogP contribution in [0.2, 0.25) is 0 Å². The summed E-state index contributed by atoms with van der Waals surface area (Å²) in [5.41, 5.74) is 2.31. The second kappa shape index (κ2) is 10.4. The molecule has 0 saturated carbocycles. The number of hydrogen-bond donors (Lipinski definition) is 2. The maximum atomic E-state index is 11.7. The molecule has 1 rings (SSSR count). The molecule has 7 heteroatoms. The molecule has 2 amide bonds. The van der Waals surface area contributed by atoms with Gasteiger partial charge in [0.05, 0.1) is 6.54 Å². The molecule has 1 aromatic carbocycles. The van der Waals surface area contributed by atoms with Gasteiger partial charge in [0.15, 0.2) is 13.2 Å². The summed E-state index contributed by atoms with van der Waals surface area (Å²) in [6.07, 6.45) is 0. The Balaban J connectivity index is 2.31. The molecule has 26 heavy (non-hydrogen) atoms. The summed E-state index contributed by atoms with van der Waals surface area (Å²) in [5, 5.41) is 5.01. The number of ether oxygens (including phenoxy) is 2. The van der Waals surface area contributed by atoms with Crippen molar-refractivity contribution in [3.05, 3.63) is 29.3 Å². The van der Waals surface area contributed by atoms with Crippen LogP contribution in [0.5, 0.6) is 5.75 Å². The van der Waals surface area contributed by atoms with Gasteiger partial charge in [-0.2, -0.15) is 0 Å². The van der Waals surface area contributed by atoms with Crippen molar-refractivity contribution < 1.29 is 23.9 Å². The van der Waals surface area contributed by atoms with Gasteiger partial charge < -0.3 is 20.1 Å². The standard InChI is InChI=1S/C19H28N2O5/c1-12(2)16-7-6-15(8-14(16)5)25-11-19(24)26-10-18(23)20-9-17(22)21-13(3)4/h6-8,12-13H,9-11H2,1-5H3,(H,20,23)(H,21,22). The van der Waals surface area contributed by atoms with Crippen LogP contribution in [0.1, 0.15) is 44.7 Å². The molecule has 1 aromatic rings. The van der Waals surface area contributed by atoms with Gasteiger partial charge in [0, 0.05) is 6.04 Å². The highest BCUT2D eigenvalue weighted by Crippen LogP contribution is 2.23. The van der Waals surface area contributed by atoms with E-state index in [1.165, 1.54) is 5.56 Å². The summed E-state index contributed by atoms with van der Waals surface area (Å²) in [4.78, 5) is 34.6. The number of rotatable bonds is 9. The van der Waals surface area contributed by atoms with Crippen molar-refractivity contribution in [1.82, 2.24) is 10.6 Å². The monoisotopic (exact) mass is 364 g/mol. The molecule has 7 nitrogen and oxygen atoms in total. The van der Waals surface area contributed by atoms with Crippen LogP contribution < -0.4 is 15.4 Å². The second-order valence-corrected chi connectivity index (χ2v) is 6.62. The fourth-order valence-electron chi connectivity index (χ4n) is 2.32. The van der Waals surface area contributed by atoms with Gasteiger partial charge in [0.25, 0.3) is 5.91 Å². The number of benzene rings is 1. The van der Waals surface area contributed by atoms with E-state index in [9.17, 15) is 14.4 Å². The molecule has 144 valence electrons. The minimum Gasteiger partial charge on any atom is -0.482 e. The summed E-state index contributed by atoms with van der Waals surface area (Å²) in [5.74, 6) is -0.524. The Labute approximate surface area is 154 Å². The first-order valence-electron chi connectivity index (χ1n) is 8.64. The second-order valence-electron chi connectivity index (χ2n) is 6.62. The lowest BCUT2D eigenvalue weighted by atomic mass is 9.98. The summed E-state index contributed by atoms with van der Waals surface area (Å²) >= 11 is 0. The van der Waals surface area contributed by atoms with Gasteiger partial charge >= 0.3 is 5.97 Å². The Hall–Kier alpha value is -2.57. The van der Waals surface area contributed by atoms with Gasteiger partial charge in [0.1, 0.15) is 5.75 Å². The minimum absolute atomic E-state index is 0.00683. The molecule has 0 aliphatic heterocycles. The van der Waals surface area contributed by atoms with Crippen molar-refractivity contribution in [2.24, 2.45) is 0 Å². The number of amides is 2. The van der Waals surface area contributed by atoms with E-state index in [-0.39, 0.29) is 25.1 Å². The largest absolute Gasteiger partial charge is 0.482 e. The Bertz CT molecular complexity index is 641. The molecule has 0 bridgehead atoms. The maximum absolute atomic E-state index is 11.7. The average molecular weight is 364 g/mol. The number of nitrogens with one attached hydrogen (secondary N) is 2. The van der Waals surface area contributed by atoms with E-state index in [1.54, 1.807) is 6.07 Å². The third-order valence-electron chi connectivity index (χ3n) is 3.48. The van der Waals surface area contributed by atoms with Crippen LogP contribution in [0, 0.1) is 6.92 Å². The zero-order valence-electron chi connectivity index (χ0n) is 16.0. The number of carbonyl (C=O) groups is 3. The first kappa shape index (κ1) is 21.5. The van der Waals surface area contributed by atoms with E-state index in [4.69, 9.17) is 9.47 Å². The number of esters is 1. The van der Waals surface area contributed by atoms with Crippen LogP contribution in [0.25, 0.3) is 0 Å². The minimum atomic E-state index is -0.655. The third-order valence-corrected chi connectivity index (χ3v) is 3.48. The molecule has 0 aliphatic carbocycles. The predicted octanol–water partition coefficient (Wildman–Crippen LogP) is 1.68. The van der Waals surface area contributed by atoms with Crippen molar-refractivity contribution in [3.63, 3.8) is 0 Å². The first-order valence-corrected chi connectivity index (χ1v) is 8.64. The fraction of sp³-hybridized carbons (Fsp3) is 0.526. The number of aryl methyl sites for hydroxylation is 1. The molecule has 0 saturated heterocycles. The van der Waals surface area contributed by atoms with Crippen molar-refractivity contribution in [3.8, 4) is 5.75 Å². The van der Waals surface area contributed by atoms with Crippen molar-refractivity contribution >= 4 is 17.8 Å². The molecule has 0 aromatic heterocycles. The molecule has 0 heterocycles. The first-order chi connectivity index (χ1) is 12.2. The summed E-state index contributed by atoms with van der Waals surface area (Å²) in [6, 6.07) is 5.63. The van der Waals surface area contributed by atoms with Crippen molar-refractivity contribution in [2.75, 3.05) is 19.8 Å². The third kappa shape index (κ3) is 8.00. The van der Waals surface area contributed by atoms with E-state index >= 15 is 0 Å². The molecule has 0 radical (unpaired) electrons. The van der Waals surface area contributed by atoms with E-state index in [0.29, 0.717) is 11.7 Å². The van der Waals surface area contributed by atoms with Crippen molar-refractivity contribution in [1.29, 1.82) is 0 Å². The summed E-state index contributed by atoms with van der Waals surface area (Å²) in [6.45, 7) is 8.94. The van der Waals surface area contributed by atoms with E-state index in [0.717, 1.165) is 5.56 Å². The van der Waals surface area contributed by atoms with Crippen LogP contribution >= 0.6 is 0 Å². The molecule has 0 unspecified atom stereocenters. The lowest BCUT2D eigenvalue weighted by Crippen LogP contribution is -2.41. The SMILES string of the molecule is Cc1cc(OCC(=O)OCC(=O)NCC(=O)NC(C)C)ccc1C(C)C. The van der Waals surface area contributed by atoms with Gasteiger partial charge in [0.2, 0.25) is 5.91 Å². The summed E-state index contributed by atoms with van der Waals surface area (Å²) < 4.78 is 10.2. The fourth-order valence-corrected chi connectivity index (χ4v) is 2.32. The Morgan fingerprint density at radius 2 is 1.73 bits per heavy atom. The zero-order valence-corrected chi connectivity index (χ0v) is 16.0. The van der Waals surface area contributed by atoms with Gasteiger partial charge in [-0.25, -0.2) is 4.79 Å². The van der Waals surface area contributed by atoms with Gasteiger partial charge in [-0.3, -0.25) is 9.59 Å². The Kier molecular flexibility index (Phi) is 8.61. The smallest absolute Gasteiger partial charge is 0.344 e. The van der Waals surface area contributed by atoms with Crippen LogP contribution in [-0.2, 0) is 19.1 Å². The molecule has 0 aliphatic rings. The molecule has 2 N–H and O–H groups in total. The van der Waals surface area contributed by atoms with Gasteiger partial charge in [-0.1, -0.05) is 19.9 Å². The van der Waals surface area contributed by atoms with Gasteiger partial charge in [-0.05, 0) is 49.9 Å². The lowest BCUT2D eigenvalue weighted by molar-refractivity contribution is -0.150. The van der Waals surface area contributed by atoms with E-state index < -0.39 is 18.5 Å². The van der Waals surface area contributed by atoms with E-state index in [1.807, 2.05) is 32.9 Å². The normalized spacial score (nSPS) is 10.6. The van der Waals surface area contributed by atoms with Crippen molar-refractivity contribution in [2.45, 2.75) is 46.6 Å². The molecule has 0 spiro atoms. The zero-order chi connectivity index (χ0) is 19.7. The number of hydrogen-bond acceptors (Lipinski definition) is 5. The highest BCUT2D eigenvalue weighted by molar-refractivity contribution is 5.86. The Morgan fingerprint density at radius 3 is 2.31 bits per heavy atom. The van der Waals surface area contributed by atoms with Crippen LogP contribution in [0.15, 0.2) is 18.2 Å².